The maximum absolute atomic E-state index is 13.2. The van der Waals surface area contributed by atoms with E-state index >= 15 is 0 Å². The summed E-state index contributed by atoms with van der Waals surface area (Å²) >= 11 is 0. The lowest BCUT2D eigenvalue weighted by molar-refractivity contribution is 0.503. The highest BCUT2D eigenvalue weighted by Gasteiger charge is 2.11. The van der Waals surface area contributed by atoms with Gasteiger partial charge in [-0.2, -0.15) is 0 Å². The number of likely N-dealkylation sites (N-methyl/N-ethyl adjacent to an activating group) is 1. The largest absolute Gasteiger partial charge is 0.316 e. The minimum Gasteiger partial charge on any atom is -0.316 e. The number of halogens is 3. The van der Waals surface area contributed by atoms with Crippen molar-refractivity contribution in [3.05, 3.63) is 71.0 Å². The Morgan fingerprint density at radius 2 is 1.60 bits per heavy atom. The number of hydrogen-bond acceptors (Lipinski definition) is 1. The second-order valence-electron chi connectivity index (χ2n) is 4.77. The first kappa shape index (κ1) is 14.6. The molecule has 0 fully saturated rings. The molecule has 2 aromatic rings. The van der Waals surface area contributed by atoms with Crippen molar-refractivity contribution in [3.63, 3.8) is 0 Å². The molecule has 20 heavy (non-hydrogen) atoms. The van der Waals surface area contributed by atoms with E-state index in [9.17, 15) is 13.2 Å². The SMILES string of the molecule is CNC(Cc1cccc(F)c1)Cc1ccc(F)c(F)c1. The standard InChI is InChI=1S/C16H16F3N/c1-20-14(8-11-3-2-4-13(17)7-11)9-12-5-6-15(18)16(19)10-12/h2-7,10,14,20H,8-9H2,1H3. The van der Waals surface area contributed by atoms with Crippen LogP contribution in [0.1, 0.15) is 11.1 Å². The van der Waals surface area contributed by atoms with Crippen molar-refractivity contribution in [1.82, 2.24) is 5.32 Å². The maximum Gasteiger partial charge on any atom is 0.159 e. The van der Waals surface area contributed by atoms with Gasteiger partial charge < -0.3 is 5.32 Å². The summed E-state index contributed by atoms with van der Waals surface area (Å²) in [6.07, 6.45) is 1.16. The van der Waals surface area contributed by atoms with Crippen LogP contribution >= 0.6 is 0 Å². The zero-order chi connectivity index (χ0) is 14.5. The Kier molecular flexibility index (Phi) is 4.79. The van der Waals surface area contributed by atoms with Crippen molar-refractivity contribution in [3.8, 4) is 0 Å². The van der Waals surface area contributed by atoms with Crippen molar-refractivity contribution in [2.45, 2.75) is 18.9 Å². The molecule has 1 nitrogen and oxygen atoms in total. The first-order valence-electron chi connectivity index (χ1n) is 6.44. The van der Waals surface area contributed by atoms with Gasteiger partial charge >= 0.3 is 0 Å². The van der Waals surface area contributed by atoms with Crippen LogP contribution in [0.15, 0.2) is 42.5 Å². The molecule has 0 heterocycles. The van der Waals surface area contributed by atoms with Crippen LogP contribution in [0.2, 0.25) is 0 Å². The zero-order valence-electron chi connectivity index (χ0n) is 11.2. The fourth-order valence-electron chi connectivity index (χ4n) is 2.18. The lowest BCUT2D eigenvalue weighted by atomic mass is 9.99. The molecule has 0 aliphatic rings. The average molecular weight is 279 g/mol. The molecule has 0 aliphatic heterocycles. The van der Waals surface area contributed by atoms with E-state index in [-0.39, 0.29) is 11.9 Å². The first-order valence-corrected chi connectivity index (χ1v) is 6.44. The lowest BCUT2D eigenvalue weighted by Gasteiger charge is -2.16. The van der Waals surface area contributed by atoms with Gasteiger partial charge in [0.15, 0.2) is 11.6 Å². The molecule has 1 unspecified atom stereocenters. The Balaban J connectivity index is 2.07. The summed E-state index contributed by atoms with van der Waals surface area (Å²) in [5.74, 6) is -1.96. The summed E-state index contributed by atoms with van der Waals surface area (Å²) in [5, 5.41) is 3.11. The van der Waals surface area contributed by atoms with Crippen molar-refractivity contribution >= 4 is 0 Å². The van der Waals surface area contributed by atoms with Gasteiger partial charge in [-0.05, 0) is 55.3 Å². The second-order valence-corrected chi connectivity index (χ2v) is 4.77. The number of nitrogens with one attached hydrogen (secondary N) is 1. The molecular formula is C16H16F3N. The Labute approximate surface area is 116 Å². The van der Waals surface area contributed by atoms with E-state index in [4.69, 9.17) is 0 Å². The van der Waals surface area contributed by atoms with Gasteiger partial charge in [0.25, 0.3) is 0 Å². The molecular weight excluding hydrogens is 263 g/mol. The molecule has 0 saturated heterocycles. The van der Waals surface area contributed by atoms with Gasteiger partial charge in [0.05, 0.1) is 0 Å². The summed E-state index contributed by atoms with van der Waals surface area (Å²) < 4.78 is 39.2. The van der Waals surface area contributed by atoms with Gasteiger partial charge in [-0.25, -0.2) is 13.2 Å². The Bertz CT molecular complexity index is 584. The van der Waals surface area contributed by atoms with Crippen molar-refractivity contribution in [1.29, 1.82) is 0 Å². The van der Waals surface area contributed by atoms with E-state index in [1.54, 1.807) is 19.2 Å². The smallest absolute Gasteiger partial charge is 0.159 e. The van der Waals surface area contributed by atoms with Gasteiger partial charge in [0.2, 0.25) is 0 Å². The van der Waals surface area contributed by atoms with Gasteiger partial charge in [0.1, 0.15) is 5.82 Å². The van der Waals surface area contributed by atoms with Crippen LogP contribution in [0.3, 0.4) is 0 Å². The van der Waals surface area contributed by atoms with E-state index in [2.05, 4.69) is 5.32 Å². The Hall–Kier alpha value is -1.81. The van der Waals surface area contributed by atoms with Crippen LogP contribution in [-0.2, 0) is 12.8 Å². The quantitative estimate of drug-likeness (QED) is 0.883. The van der Waals surface area contributed by atoms with E-state index in [0.29, 0.717) is 18.4 Å². The highest BCUT2D eigenvalue weighted by atomic mass is 19.2. The van der Waals surface area contributed by atoms with Gasteiger partial charge in [-0.1, -0.05) is 18.2 Å². The summed E-state index contributed by atoms with van der Waals surface area (Å²) in [4.78, 5) is 0. The van der Waals surface area contributed by atoms with Crippen molar-refractivity contribution in [2.75, 3.05) is 7.05 Å². The van der Waals surface area contributed by atoms with Crippen LogP contribution in [0.5, 0.6) is 0 Å². The topological polar surface area (TPSA) is 12.0 Å². The van der Waals surface area contributed by atoms with Crippen molar-refractivity contribution in [2.24, 2.45) is 0 Å². The maximum atomic E-state index is 13.2. The van der Waals surface area contributed by atoms with E-state index in [1.807, 2.05) is 6.07 Å². The lowest BCUT2D eigenvalue weighted by Crippen LogP contribution is -2.30. The van der Waals surface area contributed by atoms with Crippen LogP contribution in [-0.4, -0.2) is 13.1 Å². The van der Waals surface area contributed by atoms with Crippen molar-refractivity contribution < 1.29 is 13.2 Å². The number of rotatable bonds is 5. The number of hydrogen-bond donors (Lipinski definition) is 1. The van der Waals surface area contributed by atoms with Crippen LogP contribution in [0.25, 0.3) is 0 Å². The average Bonchev–Trinajstić information content (AvgIpc) is 2.42. The third-order valence-corrected chi connectivity index (χ3v) is 3.25. The van der Waals surface area contributed by atoms with Gasteiger partial charge in [-0.15, -0.1) is 0 Å². The van der Waals surface area contributed by atoms with Crippen LogP contribution in [0, 0.1) is 17.5 Å². The molecule has 0 aliphatic carbocycles. The molecule has 0 aromatic heterocycles. The Morgan fingerprint density at radius 1 is 0.900 bits per heavy atom. The van der Waals surface area contributed by atoms with Gasteiger partial charge in [-0.3, -0.25) is 0 Å². The molecule has 4 heteroatoms. The third-order valence-electron chi connectivity index (χ3n) is 3.25. The molecule has 106 valence electrons. The third kappa shape index (κ3) is 3.84. The summed E-state index contributed by atoms with van der Waals surface area (Å²) in [5.41, 5.74) is 1.58. The molecule has 0 amide bonds. The summed E-state index contributed by atoms with van der Waals surface area (Å²) in [7, 11) is 1.80. The molecule has 0 saturated carbocycles. The highest BCUT2D eigenvalue weighted by Crippen LogP contribution is 2.13. The van der Waals surface area contributed by atoms with E-state index < -0.39 is 11.6 Å². The fraction of sp³-hybridized carbons (Fsp3) is 0.250. The van der Waals surface area contributed by atoms with Crippen LogP contribution in [0.4, 0.5) is 13.2 Å². The first-order chi connectivity index (χ1) is 9.58. The molecule has 1 N–H and O–H groups in total. The molecule has 0 spiro atoms. The second kappa shape index (κ2) is 6.57. The molecule has 0 radical (unpaired) electrons. The summed E-state index contributed by atoms with van der Waals surface area (Å²) in [6.45, 7) is 0. The number of benzene rings is 2. The zero-order valence-corrected chi connectivity index (χ0v) is 11.2. The summed E-state index contributed by atoms with van der Waals surface area (Å²) in [6, 6.07) is 10.3. The Morgan fingerprint density at radius 3 is 2.20 bits per heavy atom. The van der Waals surface area contributed by atoms with E-state index in [1.165, 1.54) is 18.2 Å². The molecule has 0 bridgehead atoms. The van der Waals surface area contributed by atoms with Gasteiger partial charge in [0, 0.05) is 6.04 Å². The predicted octanol–water partition coefficient (Wildman–Crippen LogP) is 3.48. The normalized spacial score (nSPS) is 12.4. The minimum atomic E-state index is -0.847. The minimum absolute atomic E-state index is 0.0293. The predicted molar refractivity (Wildman–Crippen MR) is 73.0 cm³/mol. The highest BCUT2D eigenvalue weighted by molar-refractivity contribution is 5.21. The van der Waals surface area contributed by atoms with E-state index in [0.717, 1.165) is 11.6 Å². The molecule has 1 atom stereocenters. The fourth-order valence-corrected chi connectivity index (χ4v) is 2.18. The van der Waals surface area contributed by atoms with Crippen LogP contribution < -0.4 is 5.32 Å². The molecule has 2 aromatic carbocycles. The monoisotopic (exact) mass is 279 g/mol. The molecule has 2 rings (SSSR count).